The lowest BCUT2D eigenvalue weighted by molar-refractivity contribution is -0.181. The zero-order chi connectivity index (χ0) is 19.9. The lowest BCUT2D eigenvalue weighted by Crippen LogP contribution is -2.57. The van der Waals surface area contributed by atoms with Crippen molar-refractivity contribution in [2.45, 2.75) is 52.9 Å². The first-order valence-electron chi connectivity index (χ1n) is 8.97. The maximum absolute atomic E-state index is 12.5. The predicted molar refractivity (Wildman–Crippen MR) is 95.6 cm³/mol. The molecule has 0 aromatic carbocycles. The molecule has 0 heterocycles. The molecule has 0 spiro atoms. The Kier molecular flexibility index (Phi) is 5.10. The minimum Gasteiger partial charge on any atom is -0.481 e. The molecule has 0 aromatic heterocycles. The predicted octanol–water partition coefficient (Wildman–Crippen LogP) is 3.58. The minimum absolute atomic E-state index is 0.00463. The quantitative estimate of drug-likeness (QED) is 0.643. The Morgan fingerprint density at radius 3 is 2.19 bits per heavy atom. The van der Waals surface area contributed by atoms with E-state index in [0.29, 0.717) is 25.7 Å². The van der Waals surface area contributed by atoms with Crippen molar-refractivity contribution in [3.63, 3.8) is 0 Å². The van der Waals surface area contributed by atoms with Gasteiger partial charge in [-0.3, -0.25) is 9.59 Å². The van der Waals surface area contributed by atoms with E-state index in [9.17, 15) is 29.7 Å². The number of allylic oxidation sites excluding steroid dienone is 2. The maximum Gasteiger partial charge on any atom is 0.331 e. The molecule has 6 nitrogen and oxygen atoms in total. The number of rotatable bonds is 5. The smallest absolute Gasteiger partial charge is 0.331 e. The third kappa shape index (κ3) is 3.06. The van der Waals surface area contributed by atoms with Crippen molar-refractivity contribution in [3.8, 4) is 0 Å². The zero-order valence-corrected chi connectivity index (χ0v) is 15.6. The van der Waals surface area contributed by atoms with Gasteiger partial charge in [-0.15, -0.1) is 6.58 Å². The number of carboxylic acid groups (broad SMARTS) is 3. The number of carboxylic acids is 3. The monoisotopic (exact) mass is 364 g/mol. The normalized spacial score (nSPS) is 36.7. The van der Waals surface area contributed by atoms with Crippen molar-refractivity contribution in [2.75, 3.05) is 0 Å². The molecule has 3 N–H and O–H groups in total. The summed E-state index contributed by atoms with van der Waals surface area (Å²) in [5, 5.41) is 29.9. The van der Waals surface area contributed by atoms with Gasteiger partial charge in [0.1, 0.15) is 0 Å². The van der Waals surface area contributed by atoms with E-state index in [1.165, 1.54) is 0 Å². The van der Waals surface area contributed by atoms with Crippen LogP contribution in [0.15, 0.2) is 24.3 Å². The molecule has 4 unspecified atom stereocenters. The summed E-state index contributed by atoms with van der Waals surface area (Å²) < 4.78 is 0. The molecule has 4 atom stereocenters. The minimum atomic E-state index is -1.62. The van der Waals surface area contributed by atoms with Gasteiger partial charge in [0.2, 0.25) is 0 Å². The van der Waals surface area contributed by atoms with Gasteiger partial charge >= 0.3 is 17.9 Å². The molecule has 0 aliphatic heterocycles. The van der Waals surface area contributed by atoms with Crippen LogP contribution in [0.25, 0.3) is 0 Å². The van der Waals surface area contributed by atoms with Gasteiger partial charge in [-0.25, -0.2) is 4.79 Å². The van der Waals surface area contributed by atoms with Crippen LogP contribution in [0, 0.1) is 28.1 Å². The number of carbonyl (C=O) groups is 3. The van der Waals surface area contributed by atoms with E-state index in [2.05, 4.69) is 6.58 Å². The molecule has 0 aromatic rings. The van der Waals surface area contributed by atoms with Gasteiger partial charge in [0.05, 0.1) is 11.3 Å². The van der Waals surface area contributed by atoms with Gasteiger partial charge in [-0.05, 0) is 31.1 Å². The van der Waals surface area contributed by atoms with E-state index < -0.39 is 46.0 Å². The molecule has 0 radical (unpaired) electrons. The second-order valence-electron chi connectivity index (χ2n) is 8.66. The second kappa shape index (κ2) is 6.56. The van der Waals surface area contributed by atoms with Crippen LogP contribution >= 0.6 is 0 Å². The van der Waals surface area contributed by atoms with E-state index in [-0.39, 0.29) is 12.0 Å². The highest BCUT2D eigenvalue weighted by Gasteiger charge is 2.63. The molecule has 0 bridgehead atoms. The molecule has 1 saturated carbocycles. The van der Waals surface area contributed by atoms with Crippen molar-refractivity contribution in [1.29, 1.82) is 0 Å². The van der Waals surface area contributed by atoms with E-state index in [4.69, 9.17) is 0 Å². The Morgan fingerprint density at radius 2 is 1.73 bits per heavy atom. The average molecular weight is 364 g/mol. The highest BCUT2D eigenvalue weighted by molar-refractivity contribution is 5.92. The zero-order valence-electron chi connectivity index (χ0n) is 15.6. The highest BCUT2D eigenvalue weighted by Crippen LogP contribution is 2.59. The third-order valence-electron chi connectivity index (χ3n) is 6.52. The Balaban J connectivity index is 2.71. The lowest BCUT2D eigenvalue weighted by Gasteiger charge is -2.52. The summed E-state index contributed by atoms with van der Waals surface area (Å²) in [5.41, 5.74) is -2.89. The molecule has 0 amide bonds. The van der Waals surface area contributed by atoms with Crippen LogP contribution in [0.2, 0.25) is 0 Å². The van der Waals surface area contributed by atoms with Crippen molar-refractivity contribution in [1.82, 2.24) is 0 Å². The SMILES string of the molecule is C=CC1(C)C=C(C(=O)O)C(C2(C(=O)O)CCCC(C)(C)C2C(=O)O)CC1. The topological polar surface area (TPSA) is 112 Å². The summed E-state index contributed by atoms with van der Waals surface area (Å²) in [4.78, 5) is 36.6. The summed E-state index contributed by atoms with van der Waals surface area (Å²) in [7, 11) is 0. The van der Waals surface area contributed by atoms with Gasteiger partial charge < -0.3 is 15.3 Å². The van der Waals surface area contributed by atoms with E-state index in [0.717, 1.165) is 0 Å². The molecular weight excluding hydrogens is 336 g/mol. The van der Waals surface area contributed by atoms with Crippen LogP contribution in [0.5, 0.6) is 0 Å². The average Bonchev–Trinajstić information content (AvgIpc) is 2.52. The molecule has 2 rings (SSSR count). The number of aliphatic carboxylic acids is 3. The van der Waals surface area contributed by atoms with Crippen LogP contribution in [0.1, 0.15) is 52.9 Å². The molecule has 6 heteroatoms. The third-order valence-corrected chi connectivity index (χ3v) is 6.52. The first-order chi connectivity index (χ1) is 11.9. The van der Waals surface area contributed by atoms with Crippen molar-refractivity contribution < 1.29 is 29.7 Å². The van der Waals surface area contributed by atoms with Crippen LogP contribution in [0.4, 0.5) is 0 Å². The largest absolute Gasteiger partial charge is 0.481 e. The van der Waals surface area contributed by atoms with E-state index in [1.807, 2.05) is 6.92 Å². The Labute approximate surface area is 153 Å². The van der Waals surface area contributed by atoms with Crippen molar-refractivity contribution in [3.05, 3.63) is 24.3 Å². The van der Waals surface area contributed by atoms with Gasteiger partial charge in [0.25, 0.3) is 0 Å². The van der Waals surface area contributed by atoms with Crippen LogP contribution in [0.3, 0.4) is 0 Å². The molecule has 26 heavy (non-hydrogen) atoms. The summed E-state index contributed by atoms with van der Waals surface area (Å²) >= 11 is 0. The van der Waals surface area contributed by atoms with Crippen molar-refractivity contribution in [2.24, 2.45) is 28.1 Å². The molecule has 2 aliphatic rings. The second-order valence-corrected chi connectivity index (χ2v) is 8.66. The lowest BCUT2D eigenvalue weighted by atomic mass is 9.48. The fraction of sp³-hybridized carbons (Fsp3) is 0.650. The van der Waals surface area contributed by atoms with Gasteiger partial charge in [0.15, 0.2) is 0 Å². The van der Waals surface area contributed by atoms with Crippen LogP contribution in [-0.2, 0) is 14.4 Å². The van der Waals surface area contributed by atoms with Crippen molar-refractivity contribution >= 4 is 17.9 Å². The fourth-order valence-corrected chi connectivity index (χ4v) is 5.18. The van der Waals surface area contributed by atoms with Gasteiger partial charge in [0, 0.05) is 16.9 Å². The van der Waals surface area contributed by atoms with E-state index in [1.54, 1.807) is 26.0 Å². The molecule has 2 aliphatic carbocycles. The number of hydrogen-bond donors (Lipinski definition) is 3. The number of hydrogen-bond acceptors (Lipinski definition) is 3. The first-order valence-corrected chi connectivity index (χ1v) is 8.97. The fourth-order valence-electron chi connectivity index (χ4n) is 5.18. The first kappa shape index (κ1) is 20.2. The maximum atomic E-state index is 12.5. The van der Waals surface area contributed by atoms with Crippen LogP contribution in [-0.4, -0.2) is 33.2 Å². The van der Waals surface area contributed by atoms with Crippen LogP contribution < -0.4 is 0 Å². The summed E-state index contributed by atoms with van der Waals surface area (Å²) in [6, 6.07) is 0. The highest BCUT2D eigenvalue weighted by atomic mass is 16.4. The van der Waals surface area contributed by atoms with Gasteiger partial charge in [-0.2, -0.15) is 0 Å². The molecule has 1 fully saturated rings. The summed E-state index contributed by atoms with van der Waals surface area (Å²) in [5.74, 6) is -5.56. The Bertz CT molecular complexity index is 676. The molecule has 144 valence electrons. The van der Waals surface area contributed by atoms with Gasteiger partial charge in [-0.1, -0.05) is 39.3 Å². The standard InChI is InChI=1S/C20H28O6/c1-5-19(4)10-7-13(12(11-19)15(21)22)20(17(25)26)9-6-8-18(2,3)14(20)16(23)24/h5,11,13-14H,1,6-10H2,2-4H3,(H,21,22)(H,23,24)(H,25,26). The summed E-state index contributed by atoms with van der Waals surface area (Å²) in [6.45, 7) is 9.15. The Morgan fingerprint density at radius 1 is 1.12 bits per heavy atom. The Hall–Kier alpha value is -2.11. The van der Waals surface area contributed by atoms with E-state index >= 15 is 0 Å². The summed E-state index contributed by atoms with van der Waals surface area (Å²) in [6.07, 6.45) is 5.42. The molecular formula is C20H28O6. The molecule has 0 saturated heterocycles.